The van der Waals surface area contributed by atoms with Crippen molar-refractivity contribution in [1.82, 2.24) is 0 Å². The molecule has 5 heteroatoms. The van der Waals surface area contributed by atoms with Crippen LogP contribution in [-0.2, 0) is 9.53 Å². The van der Waals surface area contributed by atoms with Crippen LogP contribution >= 0.6 is 0 Å². The van der Waals surface area contributed by atoms with Crippen LogP contribution in [0.3, 0.4) is 0 Å². The lowest BCUT2D eigenvalue weighted by Gasteiger charge is -2.07. The van der Waals surface area contributed by atoms with Crippen molar-refractivity contribution < 1.29 is 19.0 Å². The normalized spacial score (nSPS) is 9.63. The Labute approximate surface area is 111 Å². The van der Waals surface area contributed by atoms with Crippen molar-refractivity contribution >= 4 is 11.6 Å². The molecule has 102 valence electrons. The topological polar surface area (TPSA) is 58.6 Å². The minimum Gasteiger partial charge on any atom is -0.395 e. The first-order valence-electron chi connectivity index (χ1n) is 5.85. The van der Waals surface area contributed by atoms with Gasteiger partial charge in [0.15, 0.2) is 0 Å². The summed E-state index contributed by atoms with van der Waals surface area (Å²) in [5.74, 6) is 4.76. The molecule has 2 N–H and O–H groups in total. The maximum absolute atomic E-state index is 13.1. The van der Waals surface area contributed by atoms with Crippen LogP contribution in [0.5, 0.6) is 0 Å². The lowest BCUT2D eigenvalue weighted by Crippen LogP contribution is -2.14. The number of hydrogen-bond acceptors (Lipinski definition) is 3. The number of carbonyl (C=O) groups is 1. The number of carbonyl (C=O) groups excluding carboxylic acids is 1. The summed E-state index contributed by atoms with van der Waals surface area (Å²) in [6, 6.07) is 3.96. The molecule has 0 saturated carbocycles. The minimum absolute atomic E-state index is 0.0577. The molecular formula is C14H16FNO3. The van der Waals surface area contributed by atoms with E-state index in [9.17, 15) is 9.18 Å². The van der Waals surface area contributed by atoms with Gasteiger partial charge in [-0.25, -0.2) is 4.39 Å². The van der Waals surface area contributed by atoms with Crippen LogP contribution in [0.1, 0.15) is 18.4 Å². The molecule has 0 spiro atoms. The van der Waals surface area contributed by atoms with Crippen molar-refractivity contribution in [3.8, 4) is 11.8 Å². The second kappa shape index (κ2) is 8.25. The number of rotatable bonds is 5. The van der Waals surface area contributed by atoms with Crippen molar-refractivity contribution in [3.63, 3.8) is 0 Å². The summed E-state index contributed by atoms with van der Waals surface area (Å²) in [6.07, 6.45) is 0.519. The molecule has 0 saturated heterocycles. The fourth-order valence-corrected chi connectivity index (χ4v) is 1.35. The molecule has 0 radical (unpaired) electrons. The predicted octanol–water partition coefficient (Wildman–Crippen LogP) is 1.53. The fraction of sp³-hybridized carbons (Fsp3) is 0.357. The molecule has 0 aliphatic heterocycles. The molecule has 0 bridgehead atoms. The zero-order valence-corrected chi connectivity index (χ0v) is 10.7. The molecule has 1 aromatic carbocycles. The van der Waals surface area contributed by atoms with Crippen LogP contribution in [-0.4, -0.2) is 31.3 Å². The molecule has 0 aliphatic rings. The third-order valence-corrected chi connectivity index (χ3v) is 2.25. The SMILES string of the molecule is COCCC(=O)Nc1ccc(F)cc1C#CCCO. The highest BCUT2D eigenvalue weighted by molar-refractivity contribution is 5.92. The van der Waals surface area contributed by atoms with E-state index in [0.29, 0.717) is 24.3 Å². The largest absolute Gasteiger partial charge is 0.395 e. The fourth-order valence-electron chi connectivity index (χ4n) is 1.35. The number of methoxy groups -OCH3 is 1. The van der Waals surface area contributed by atoms with E-state index < -0.39 is 5.82 Å². The van der Waals surface area contributed by atoms with Gasteiger partial charge in [0.05, 0.1) is 30.9 Å². The highest BCUT2D eigenvalue weighted by Gasteiger charge is 2.06. The summed E-state index contributed by atoms with van der Waals surface area (Å²) in [7, 11) is 1.51. The number of benzene rings is 1. The Morgan fingerprint density at radius 3 is 3.00 bits per heavy atom. The number of halogens is 1. The molecular weight excluding hydrogens is 249 g/mol. The van der Waals surface area contributed by atoms with Crippen LogP contribution in [0.2, 0.25) is 0 Å². The molecule has 0 atom stereocenters. The number of aliphatic hydroxyl groups is 1. The smallest absolute Gasteiger partial charge is 0.226 e. The van der Waals surface area contributed by atoms with Gasteiger partial charge >= 0.3 is 0 Å². The Morgan fingerprint density at radius 1 is 1.53 bits per heavy atom. The lowest BCUT2D eigenvalue weighted by molar-refractivity contribution is -0.117. The van der Waals surface area contributed by atoms with Crippen LogP contribution < -0.4 is 5.32 Å². The highest BCUT2D eigenvalue weighted by Crippen LogP contribution is 2.16. The molecule has 0 unspecified atom stereocenters. The Bertz CT molecular complexity index is 491. The molecule has 0 heterocycles. The highest BCUT2D eigenvalue weighted by atomic mass is 19.1. The predicted molar refractivity (Wildman–Crippen MR) is 70.1 cm³/mol. The summed E-state index contributed by atoms with van der Waals surface area (Å²) in [6.45, 7) is 0.260. The maximum Gasteiger partial charge on any atom is 0.226 e. The zero-order valence-electron chi connectivity index (χ0n) is 10.7. The Balaban J connectivity index is 2.82. The van der Waals surface area contributed by atoms with Gasteiger partial charge in [-0.2, -0.15) is 0 Å². The van der Waals surface area contributed by atoms with E-state index >= 15 is 0 Å². The quantitative estimate of drug-likeness (QED) is 0.794. The van der Waals surface area contributed by atoms with E-state index in [2.05, 4.69) is 17.2 Å². The van der Waals surface area contributed by atoms with E-state index in [1.54, 1.807) is 0 Å². The van der Waals surface area contributed by atoms with Crippen LogP contribution in [0.25, 0.3) is 0 Å². The number of nitrogens with one attached hydrogen (secondary N) is 1. The molecule has 1 aromatic rings. The number of hydrogen-bond donors (Lipinski definition) is 2. The van der Waals surface area contributed by atoms with E-state index in [0.717, 1.165) is 0 Å². The molecule has 0 fully saturated rings. The Hall–Kier alpha value is -1.90. The zero-order chi connectivity index (χ0) is 14.1. The summed E-state index contributed by atoms with van der Waals surface area (Å²) in [4.78, 5) is 11.6. The first-order valence-corrected chi connectivity index (χ1v) is 5.85. The molecule has 4 nitrogen and oxygen atoms in total. The van der Waals surface area contributed by atoms with Gasteiger partial charge in [0, 0.05) is 13.5 Å². The van der Waals surface area contributed by atoms with Crippen molar-refractivity contribution in [3.05, 3.63) is 29.6 Å². The summed E-state index contributed by atoms with van der Waals surface area (Å²) in [5.41, 5.74) is 0.840. The molecule has 1 rings (SSSR count). The molecule has 1 amide bonds. The standard InChI is InChI=1S/C14H16FNO3/c1-19-9-7-14(18)16-13-6-5-12(15)10-11(13)4-2-3-8-17/h5-6,10,17H,3,7-9H2,1H3,(H,16,18). The Morgan fingerprint density at radius 2 is 2.32 bits per heavy atom. The van der Waals surface area contributed by atoms with E-state index in [1.165, 1.54) is 25.3 Å². The van der Waals surface area contributed by atoms with E-state index in [4.69, 9.17) is 9.84 Å². The van der Waals surface area contributed by atoms with Gasteiger partial charge in [-0.1, -0.05) is 11.8 Å². The van der Waals surface area contributed by atoms with Gasteiger partial charge in [-0.05, 0) is 18.2 Å². The number of amides is 1. The summed E-state index contributed by atoms with van der Waals surface area (Å²) >= 11 is 0. The lowest BCUT2D eigenvalue weighted by atomic mass is 10.1. The van der Waals surface area contributed by atoms with Crippen LogP contribution in [0, 0.1) is 17.7 Å². The average molecular weight is 265 g/mol. The monoisotopic (exact) mass is 265 g/mol. The third kappa shape index (κ3) is 5.51. The third-order valence-electron chi connectivity index (χ3n) is 2.25. The average Bonchev–Trinajstić information content (AvgIpc) is 2.39. The second-order valence-electron chi connectivity index (χ2n) is 3.76. The number of anilines is 1. The summed E-state index contributed by atoms with van der Waals surface area (Å²) < 4.78 is 17.9. The van der Waals surface area contributed by atoms with Crippen LogP contribution in [0.4, 0.5) is 10.1 Å². The van der Waals surface area contributed by atoms with Gasteiger partial charge in [-0.3, -0.25) is 4.79 Å². The molecule has 0 aromatic heterocycles. The second-order valence-corrected chi connectivity index (χ2v) is 3.76. The minimum atomic E-state index is -0.428. The van der Waals surface area contributed by atoms with Crippen molar-refractivity contribution in [2.75, 3.05) is 25.6 Å². The van der Waals surface area contributed by atoms with Gasteiger partial charge in [0.25, 0.3) is 0 Å². The van der Waals surface area contributed by atoms with E-state index in [1.807, 2.05) is 0 Å². The van der Waals surface area contributed by atoms with Crippen molar-refractivity contribution in [2.45, 2.75) is 12.8 Å². The number of aliphatic hydroxyl groups excluding tert-OH is 1. The van der Waals surface area contributed by atoms with Gasteiger partial charge in [0.2, 0.25) is 5.91 Å². The Kier molecular flexibility index (Phi) is 6.58. The van der Waals surface area contributed by atoms with E-state index in [-0.39, 0.29) is 18.9 Å². The first-order chi connectivity index (χ1) is 9.17. The van der Waals surface area contributed by atoms with Gasteiger partial charge < -0.3 is 15.2 Å². The van der Waals surface area contributed by atoms with Gasteiger partial charge in [-0.15, -0.1) is 0 Å². The molecule has 19 heavy (non-hydrogen) atoms. The number of ether oxygens (including phenoxy) is 1. The van der Waals surface area contributed by atoms with Crippen LogP contribution in [0.15, 0.2) is 18.2 Å². The van der Waals surface area contributed by atoms with Crippen molar-refractivity contribution in [2.24, 2.45) is 0 Å². The summed E-state index contributed by atoms with van der Waals surface area (Å²) in [5, 5.41) is 11.3. The van der Waals surface area contributed by atoms with Crippen molar-refractivity contribution in [1.29, 1.82) is 0 Å². The first kappa shape index (κ1) is 15.2. The van der Waals surface area contributed by atoms with Gasteiger partial charge in [0.1, 0.15) is 5.82 Å². The maximum atomic E-state index is 13.1. The molecule has 0 aliphatic carbocycles.